The van der Waals surface area contributed by atoms with Gasteiger partial charge in [0.25, 0.3) is 20.2 Å². The van der Waals surface area contributed by atoms with Crippen molar-refractivity contribution in [2.75, 3.05) is 37.6 Å². The number of anilines is 1. The van der Waals surface area contributed by atoms with Crippen LogP contribution in [0.2, 0.25) is 0 Å². The summed E-state index contributed by atoms with van der Waals surface area (Å²) in [6, 6.07) is 9.97. The van der Waals surface area contributed by atoms with Crippen molar-refractivity contribution in [2.24, 2.45) is 0 Å². The van der Waals surface area contributed by atoms with E-state index in [2.05, 4.69) is 4.72 Å². The molecule has 3 aromatic rings. The molecule has 0 amide bonds. The molecule has 0 bridgehead atoms. The van der Waals surface area contributed by atoms with E-state index in [9.17, 15) is 35.1 Å². The van der Waals surface area contributed by atoms with Crippen LogP contribution in [0.25, 0.3) is 11.1 Å². The quantitative estimate of drug-likeness (QED) is 0.400. The summed E-state index contributed by atoms with van der Waals surface area (Å²) in [5.41, 5.74) is 0.0282. The van der Waals surface area contributed by atoms with Crippen LogP contribution in [-0.2, 0) is 20.2 Å². The van der Waals surface area contributed by atoms with Crippen LogP contribution in [0.5, 0.6) is 11.5 Å². The van der Waals surface area contributed by atoms with Crippen LogP contribution in [0.3, 0.4) is 0 Å². The Morgan fingerprint density at radius 3 is 2.46 bits per heavy atom. The van der Waals surface area contributed by atoms with E-state index in [1.54, 1.807) is 0 Å². The average Bonchev–Trinajstić information content (AvgIpc) is 3.40. The maximum Gasteiger partial charge on any atom is 0.279 e. The lowest BCUT2D eigenvalue weighted by molar-refractivity contribution is 0.188. The number of methoxy groups -OCH3 is 1. The Morgan fingerprint density at radius 1 is 1.00 bits per heavy atom. The number of benzene rings is 3. The largest absolute Gasteiger partial charge is 0.494 e. The molecule has 5 rings (SSSR count). The van der Waals surface area contributed by atoms with E-state index in [0.717, 1.165) is 45.0 Å². The highest BCUT2D eigenvalue weighted by atomic mass is 32.2. The van der Waals surface area contributed by atoms with Gasteiger partial charge in [-0.05, 0) is 54.4 Å². The molecule has 1 fully saturated rings. The molecule has 2 aliphatic rings. The predicted octanol–water partition coefficient (Wildman–Crippen LogP) is 2.64. The van der Waals surface area contributed by atoms with Crippen LogP contribution in [-0.4, -0.2) is 71.7 Å². The lowest BCUT2D eigenvalue weighted by Crippen LogP contribution is -2.50. The Hall–Kier alpha value is -3.37. The smallest absolute Gasteiger partial charge is 0.279 e. The van der Waals surface area contributed by atoms with E-state index in [1.807, 2.05) is 0 Å². The number of nitrogens with one attached hydrogen (secondary N) is 1. The minimum Gasteiger partial charge on any atom is -0.494 e. The zero-order valence-corrected chi connectivity index (χ0v) is 23.3. The van der Waals surface area contributed by atoms with Gasteiger partial charge in [-0.1, -0.05) is 6.07 Å². The third-order valence-corrected chi connectivity index (χ3v) is 10.1. The molecule has 41 heavy (non-hydrogen) atoms. The molecule has 1 saturated heterocycles. The lowest BCUT2D eigenvalue weighted by atomic mass is 10.0. The Bertz CT molecular complexity index is 1690. The minimum absolute atomic E-state index is 0.0174. The molecule has 0 aliphatic carbocycles. The molecule has 2 heterocycles. The predicted molar refractivity (Wildman–Crippen MR) is 143 cm³/mol. The number of nitrogens with zero attached hydrogens (tertiary/aromatic N) is 2. The molecule has 220 valence electrons. The normalized spacial score (nSPS) is 19.6. The summed E-state index contributed by atoms with van der Waals surface area (Å²) in [7, 11) is -7.25. The number of aliphatic hydroxyl groups is 1. The second-order valence-electron chi connectivity index (χ2n) is 9.53. The maximum atomic E-state index is 14.6. The first-order valence-electron chi connectivity index (χ1n) is 12.4. The number of hydrogen-bond acceptors (Lipinski definition) is 7. The van der Waals surface area contributed by atoms with Gasteiger partial charge in [-0.2, -0.15) is 17.4 Å². The molecule has 15 heteroatoms. The van der Waals surface area contributed by atoms with Crippen molar-refractivity contribution in [2.45, 2.75) is 23.5 Å². The number of halogens is 3. The van der Waals surface area contributed by atoms with Crippen LogP contribution in [0.1, 0.15) is 6.42 Å². The van der Waals surface area contributed by atoms with Gasteiger partial charge in [0.1, 0.15) is 23.5 Å². The van der Waals surface area contributed by atoms with E-state index in [0.29, 0.717) is 0 Å². The average molecular weight is 614 g/mol. The molecule has 2 N–H and O–H groups in total. The lowest BCUT2D eigenvalue weighted by Gasteiger charge is -2.36. The number of fused-ring (bicyclic) bond motifs is 1. The number of ether oxygens (including phenoxy) is 2. The van der Waals surface area contributed by atoms with Crippen molar-refractivity contribution in [3.63, 3.8) is 0 Å². The van der Waals surface area contributed by atoms with Crippen molar-refractivity contribution in [3.8, 4) is 22.6 Å². The number of rotatable bonds is 8. The number of hydrogen-bond donors (Lipinski definition) is 2. The second-order valence-corrected chi connectivity index (χ2v) is 13.2. The van der Waals surface area contributed by atoms with Gasteiger partial charge < -0.3 is 14.6 Å². The van der Waals surface area contributed by atoms with Gasteiger partial charge >= 0.3 is 0 Å². The van der Waals surface area contributed by atoms with Crippen molar-refractivity contribution in [3.05, 3.63) is 72.0 Å². The van der Waals surface area contributed by atoms with Gasteiger partial charge in [0.15, 0.2) is 11.6 Å². The molecule has 0 saturated carbocycles. The first-order chi connectivity index (χ1) is 19.4. The van der Waals surface area contributed by atoms with Gasteiger partial charge in [0.2, 0.25) is 0 Å². The topological polar surface area (TPSA) is 125 Å². The molecule has 0 radical (unpaired) electrons. The SMILES string of the molecule is COc1cc(S(=O)(=O)N2CC(CNS(=O)(=O)N3CCC(O)C3)Oc3ccc(-c4cc(F)ccc4F)cc32)ccc1F. The third-order valence-electron chi connectivity index (χ3n) is 6.80. The highest BCUT2D eigenvalue weighted by molar-refractivity contribution is 7.92. The van der Waals surface area contributed by atoms with Crippen LogP contribution in [0.15, 0.2) is 59.5 Å². The van der Waals surface area contributed by atoms with Gasteiger partial charge in [-0.15, -0.1) is 0 Å². The zero-order chi connectivity index (χ0) is 29.5. The van der Waals surface area contributed by atoms with Crippen LogP contribution in [0, 0.1) is 17.5 Å². The van der Waals surface area contributed by atoms with E-state index in [4.69, 9.17) is 9.47 Å². The first kappa shape index (κ1) is 29.1. The van der Waals surface area contributed by atoms with Gasteiger partial charge in [-0.3, -0.25) is 4.31 Å². The second kappa shape index (κ2) is 11.1. The molecule has 0 spiro atoms. The standard InChI is InChI=1S/C26H26F3N3O7S2/c1-38-26-12-20(4-6-23(26)29)40(34,35)32-15-19(13-30-41(36,37)31-9-8-18(33)14-31)39-25-7-2-16(10-24(25)32)21-11-17(27)3-5-22(21)28/h2-7,10-12,18-19,30,33H,8-9,13-15H2,1H3. The molecule has 3 aromatic carbocycles. The minimum atomic E-state index is -4.43. The fourth-order valence-corrected chi connectivity index (χ4v) is 7.49. The van der Waals surface area contributed by atoms with Crippen LogP contribution < -0.4 is 18.5 Å². The summed E-state index contributed by atoms with van der Waals surface area (Å²) >= 11 is 0. The summed E-state index contributed by atoms with van der Waals surface area (Å²) in [5.74, 6) is -2.49. The highest BCUT2D eigenvalue weighted by Gasteiger charge is 2.37. The summed E-state index contributed by atoms with van der Waals surface area (Å²) in [6.45, 7) is -0.657. The Kier molecular flexibility index (Phi) is 7.91. The summed E-state index contributed by atoms with van der Waals surface area (Å²) in [6.07, 6.45) is -1.51. The van der Waals surface area contributed by atoms with Crippen molar-refractivity contribution in [1.82, 2.24) is 9.03 Å². The number of sulfonamides is 1. The van der Waals surface area contributed by atoms with Crippen LogP contribution >= 0.6 is 0 Å². The molecule has 0 aromatic heterocycles. The molecule has 2 atom stereocenters. The Labute approximate surface area is 235 Å². The summed E-state index contributed by atoms with van der Waals surface area (Å²) < 4.78 is 111. The third kappa shape index (κ3) is 5.85. The first-order valence-corrected chi connectivity index (χ1v) is 15.3. The Morgan fingerprint density at radius 2 is 1.76 bits per heavy atom. The van der Waals surface area contributed by atoms with Crippen molar-refractivity contribution >= 4 is 25.9 Å². The Balaban J connectivity index is 1.52. The van der Waals surface area contributed by atoms with Gasteiger partial charge in [0.05, 0.1) is 36.9 Å². The highest BCUT2D eigenvalue weighted by Crippen LogP contribution is 2.41. The van der Waals surface area contributed by atoms with Gasteiger partial charge in [-0.25, -0.2) is 21.6 Å². The fourth-order valence-electron chi connectivity index (χ4n) is 4.68. The van der Waals surface area contributed by atoms with Crippen molar-refractivity contribution in [1.29, 1.82) is 0 Å². The van der Waals surface area contributed by atoms with E-state index in [-0.39, 0.29) is 65.8 Å². The zero-order valence-electron chi connectivity index (χ0n) is 21.6. The molecule has 2 unspecified atom stereocenters. The maximum absolute atomic E-state index is 14.6. The van der Waals surface area contributed by atoms with E-state index in [1.165, 1.54) is 25.3 Å². The monoisotopic (exact) mass is 613 g/mol. The van der Waals surface area contributed by atoms with Gasteiger partial charge in [0, 0.05) is 24.7 Å². The summed E-state index contributed by atoms with van der Waals surface area (Å²) in [4.78, 5) is -0.323. The number of aliphatic hydroxyl groups excluding tert-OH is 1. The molecule has 2 aliphatic heterocycles. The molecular formula is C26H26F3N3O7S2. The fraction of sp³-hybridized carbons (Fsp3) is 0.308. The van der Waals surface area contributed by atoms with E-state index >= 15 is 0 Å². The summed E-state index contributed by atoms with van der Waals surface area (Å²) in [5, 5.41) is 9.70. The molecular weight excluding hydrogens is 587 g/mol. The van der Waals surface area contributed by atoms with E-state index < -0.39 is 49.9 Å². The van der Waals surface area contributed by atoms with Crippen LogP contribution in [0.4, 0.5) is 18.9 Å². The molecule has 10 nitrogen and oxygen atoms in total. The number of β-amino-alcohol motifs (C(OH)–C–C–N with tert-alkyl or cyclic N) is 1. The van der Waals surface area contributed by atoms with Crippen molar-refractivity contribution < 1.29 is 44.6 Å².